The molecule has 41 heavy (non-hydrogen) atoms. The summed E-state index contributed by atoms with van der Waals surface area (Å²) in [5.74, 6) is -1.12. The van der Waals surface area contributed by atoms with Crippen LogP contribution < -0.4 is 0 Å². The number of carbonyl (C=O) groups excluding carboxylic acids is 2. The fourth-order valence-corrected chi connectivity index (χ4v) is 5.73. The van der Waals surface area contributed by atoms with E-state index in [1.54, 1.807) is 13.8 Å². The number of ether oxygens (including phenoxy) is 3. The summed E-state index contributed by atoms with van der Waals surface area (Å²) < 4.78 is 18.4. The van der Waals surface area contributed by atoms with Crippen molar-refractivity contribution in [2.45, 2.75) is 25.0 Å². The number of esters is 2. The van der Waals surface area contributed by atoms with E-state index in [9.17, 15) is 9.59 Å². The first-order chi connectivity index (χ1) is 20.1. The van der Waals surface area contributed by atoms with Crippen LogP contribution in [0.25, 0.3) is 22.3 Å². The van der Waals surface area contributed by atoms with Gasteiger partial charge in [0.25, 0.3) is 0 Å². The second-order valence-corrected chi connectivity index (χ2v) is 9.87. The van der Waals surface area contributed by atoms with Gasteiger partial charge in [0.05, 0.1) is 13.2 Å². The molecule has 6 rings (SSSR count). The molecule has 5 heteroatoms. The first-order valence-corrected chi connectivity index (χ1v) is 13.9. The highest BCUT2D eigenvalue weighted by Gasteiger charge is 2.73. The summed E-state index contributed by atoms with van der Waals surface area (Å²) >= 11 is 0. The summed E-state index contributed by atoms with van der Waals surface area (Å²) in [5, 5.41) is 0. The minimum absolute atomic E-state index is 0.158. The average molecular weight is 543 g/mol. The number of rotatable bonds is 10. The third kappa shape index (κ3) is 4.30. The predicted octanol–water partition coefficient (Wildman–Crippen LogP) is 6.86. The van der Waals surface area contributed by atoms with Crippen LogP contribution in [0.3, 0.4) is 0 Å². The van der Waals surface area contributed by atoms with Crippen molar-refractivity contribution in [3.63, 3.8) is 0 Å². The lowest BCUT2D eigenvalue weighted by atomic mass is 10.0. The summed E-state index contributed by atoms with van der Waals surface area (Å²) in [4.78, 5) is 28.2. The van der Waals surface area contributed by atoms with Gasteiger partial charge in [-0.1, -0.05) is 121 Å². The molecule has 0 aromatic heterocycles. The van der Waals surface area contributed by atoms with Crippen molar-refractivity contribution in [3.8, 4) is 0 Å². The van der Waals surface area contributed by atoms with Gasteiger partial charge in [-0.05, 0) is 36.1 Å². The van der Waals surface area contributed by atoms with Gasteiger partial charge >= 0.3 is 11.9 Å². The molecule has 5 nitrogen and oxygen atoms in total. The summed E-state index contributed by atoms with van der Waals surface area (Å²) in [6.07, 6.45) is 0. The van der Waals surface area contributed by atoms with Crippen LogP contribution in [-0.4, -0.2) is 36.4 Å². The van der Waals surface area contributed by atoms with Crippen LogP contribution in [-0.2, 0) is 23.8 Å². The Labute approximate surface area is 239 Å². The second-order valence-electron chi connectivity index (χ2n) is 9.87. The van der Waals surface area contributed by atoms with Crippen LogP contribution >= 0.6 is 0 Å². The van der Waals surface area contributed by atoms with Gasteiger partial charge in [-0.25, -0.2) is 9.59 Å². The fourth-order valence-electron chi connectivity index (χ4n) is 5.73. The molecule has 0 aliphatic heterocycles. The molecular weight excluding hydrogens is 512 g/mol. The first kappa shape index (κ1) is 26.5. The highest BCUT2D eigenvalue weighted by atomic mass is 16.6. The number of benzene rings is 4. The van der Waals surface area contributed by atoms with E-state index in [4.69, 9.17) is 14.2 Å². The largest absolute Gasteiger partial charge is 0.463 e. The molecule has 0 fully saturated rings. The van der Waals surface area contributed by atoms with Crippen molar-refractivity contribution < 1.29 is 23.8 Å². The Morgan fingerprint density at radius 2 is 0.707 bits per heavy atom. The average Bonchev–Trinajstić information content (AvgIpc) is 3.90. The molecule has 2 aliphatic rings. The van der Waals surface area contributed by atoms with Gasteiger partial charge in [0.15, 0.2) is 0 Å². The third-order valence-electron chi connectivity index (χ3n) is 7.47. The van der Waals surface area contributed by atoms with Crippen molar-refractivity contribution >= 4 is 34.2 Å². The molecule has 0 atom stereocenters. The Hall–Kier alpha value is -4.74. The second kappa shape index (κ2) is 10.7. The summed E-state index contributed by atoms with van der Waals surface area (Å²) in [6, 6.07) is 38.5. The van der Waals surface area contributed by atoms with Gasteiger partial charge in [-0.2, -0.15) is 0 Å². The van der Waals surface area contributed by atoms with Gasteiger partial charge < -0.3 is 14.2 Å². The smallest absolute Gasteiger partial charge is 0.348 e. The van der Waals surface area contributed by atoms with Crippen LogP contribution in [0.2, 0.25) is 0 Å². The lowest BCUT2D eigenvalue weighted by Crippen LogP contribution is -2.44. The molecule has 2 aliphatic carbocycles. The Bertz CT molecular complexity index is 1410. The Morgan fingerprint density at radius 1 is 0.463 bits per heavy atom. The van der Waals surface area contributed by atoms with Crippen molar-refractivity contribution in [1.29, 1.82) is 0 Å². The van der Waals surface area contributed by atoms with E-state index in [1.807, 2.05) is 121 Å². The minimum atomic E-state index is -1.62. The van der Waals surface area contributed by atoms with Gasteiger partial charge in [-0.15, -0.1) is 0 Å². The summed E-state index contributed by atoms with van der Waals surface area (Å²) in [6.45, 7) is 3.84. The topological polar surface area (TPSA) is 61.8 Å². The zero-order chi connectivity index (χ0) is 28.5. The molecule has 0 saturated carbocycles. The van der Waals surface area contributed by atoms with E-state index in [0.717, 1.165) is 22.3 Å². The standard InChI is InChI=1S/C36H30O5/c1-3-39-33(37)35(29(25-17-9-5-10-18-25)30(35)26-19-11-6-12-20-26)41-36(34(38)40-4-2)31(27-21-13-7-14-22-27)32(36)28-23-15-8-16-24-28/h5-24H,3-4H2,1-2H3. The molecule has 0 N–H and O–H groups in total. The number of hydrogen-bond donors (Lipinski definition) is 0. The first-order valence-electron chi connectivity index (χ1n) is 13.9. The number of carbonyl (C=O) groups is 2. The molecule has 0 unspecified atom stereocenters. The van der Waals surface area contributed by atoms with Gasteiger partial charge in [0.2, 0.25) is 11.2 Å². The maximum Gasteiger partial charge on any atom is 0.348 e. The molecular formula is C36H30O5. The van der Waals surface area contributed by atoms with Crippen LogP contribution in [0.15, 0.2) is 121 Å². The molecule has 4 aromatic rings. The van der Waals surface area contributed by atoms with Crippen LogP contribution in [0, 0.1) is 0 Å². The molecule has 0 heterocycles. The van der Waals surface area contributed by atoms with Crippen molar-refractivity contribution in [3.05, 3.63) is 144 Å². The molecule has 204 valence electrons. The highest BCUT2D eigenvalue weighted by molar-refractivity contribution is 6.34. The number of hydrogen-bond acceptors (Lipinski definition) is 5. The van der Waals surface area contributed by atoms with E-state index in [-0.39, 0.29) is 13.2 Å². The van der Waals surface area contributed by atoms with E-state index >= 15 is 0 Å². The zero-order valence-electron chi connectivity index (χ0n) is 23.0. The SMILES string of the molecule is CCOC(=O)C1(OC2(C(=O)OCC)C(c3ccccc3)=C2c2ccccc2)C(c2ccccc2)=C1c1ccccc1. The Morgan fingerprint density at radius 3 is 0.927 bits per heavy atom. The third-order valence-corrected chi connectivity index (χ3v) is 7.47. The predicted molar refractivity (Wildman–Crippen MR) is 159 cm³/mol. The fraction of sp³-hybridized carbons (Fsp3) is 0.167. The van der Waals surface area contributed by atoms with Crippen molar-refractivity contribution in [1.82, 2.24) is 0 Å². The Kier molecular flexibility index (Phi) is 6.90. The lowest BCUT2D eigenvalue weighted by molar-refractivity contribution is -0.171. The van der Waals surface area contributed by atoms with Crippen LogP contribution in [0.5, 0.6) is 0 Å². The van der Waals surface area contributed by atoms with E-state index in [2.05, 4.69) is 0 Å². The van der Waals surface area contributed by atoms with E-state index in [1.165, 1.54) is 0 Å². The maximum absolute atomic E-state index is 14.1. The molecule has 0 radical (unpaired) electrons. The minimum Gasteiger partial charge on any atom is -0.463 e. The highest BCUT2D eigenvalue weighted by Crippen LogP contribution is 2.68. The molecule has 0 bridgehead atoms. The lowest BCUT2D eigenvalue weighted by Gasteiger charge is -2.28. The van der Waals surface area contributed by atoms with Gasteiger partial charge in [-0.3, -0.25) is 0 Å². The molecule has 0 saturated heterocycles. The van der Waals surface area contributed by atoms with Crippen molar-refractivity contribution in [2.75, 3.05) is 13.2 Å². The quantitative estimate of drug-likeness (QED) is 0.205. The molecule has 0 spiro atoms. The van der Waals surface area contributed by atoms with Crippen LogP contribution in [0.4, 0.5) is 0 Å². The zero-order valence-corrected chi connectivity index (χ0v) is 23.0. The van der Waals surface area contributed by atoms with Crippen molar-refractivity contribution in [2.24, 2.45) is 0 Å². The Balaban J connectivity index is 1.57. The summed E-state index contributed by atoms with van der Waals surface area (Å²) in [7, 11) is 0. The summed E-state index contributed by atoms with van der Waals surface area (Å²) in [5.41, 5.74) is 2.75. The van der Waals surface area contributed by atoms with Gasteiger partial charge in [0.1, 0.15) is 0 Å². The van der Waals surface area contributed by atoms with E-state index in [0.29, 0.717) is 22.3 Å². The molecule has 0 amide bonds. The maximum atomic E-state index is 14.1. The monoisotopic (exact) mass is 542 g/mol. The van der Waals surface area contributed by atoms with Crippen LogP contribution in [0.1, 0.15) is 36.1 Å². The van der Waals surface area contributed by atoms with Gasteiger partial charge in [0, 0.05) is 22.3 Å². The van der Waals surface area contributed by atoms with E-state index < -0.39 is 23.1 Å². The normalized spacial score (nSPS) is 16.2. The molecule has 4 aromatic carbocycles.